The van der Waals surface area contributed by atoms with Crippen molar-refractivity contribution >= 4 is 11.0 Å². The molecule has 2 aromatic heterocycles. The molecule has 0 unspecified atom stereocenters. The average molecular weight is 237 g/mol. The number of nitrogens with one attached hydrogen (secondary N) is 2. The summed E-state index contributed by atoms with van der Waals surface area (Å²) in [6.45, 7) is 0.881. The maximum atomic E-state index is 4.32. The van der Waals surface area contributed by atoms with Crippen LogP contribution in [-0.4, -0.2) is 17.0 Å². The summed E-state index contributed by atoms with van der Waals surface area (Å²) in [5.41, 5.74) is 4.52. The molecule has 18 heavy (non-hydrogen) atoms. The van der Waals surface area contributed by atoms with Crippen molar-refractivity contribution in [1.82, 2.24) is 15.3 Å². The highest BCUT2D eigenvalue weighted by Crippen LogP contribution is 2.23. The van der Waals surface area contributed by atoms with Gasteiger partial charge in [0.25, 0.3) is 0 Å². The highest BCUT2D eigenvalue weighted by atomic mass is 14.9. The van der Waals surface area contributed by atoms with Gasteiger partial charge in [-0.3, -0.25) is 0 Å². The summed E-state index contributed by atoms with van der Waals surface area (Å²) in [6, 6.07) is 14.7. The van der Waals surface area contributed by atoms with Crippen LogP contribution in [0.25, 0.3) is 22.3 Å². The van der Waals surface area contributed by atoms with E-state index >= 15 is 0 Å². The molecule has 2 heterocycles. The van der Waals surface area contributed by atoms with Gasteiger partial charge in [-0.1, -0.05) is 18.2 Å². The van der Waals surface area contributed by atoms with Crippen molar-refractivity contribution in [2.75, 3.05) is 7.05 Å². The number of hydrogen-bond acceptors (Lipinski definition) is 2. The molecule has 0 saturated heterocycles. The van der Waals surface area contributed by atoms with Gasteiger partial charge in [-0.05, 0) is 42.4 Å². The van der Waals surface area contributed by atoms with Gasteiger partial charge in [-0.2, -0.15) is 0 Å². The Morgan fingerprint density at radius 3 is 2.94 bits per heavy atom. The first-order valence-electron chi connectivity index (χ1n) is 6.04. The van der Waals surface area contributed by atoms with E-state index in [4.69, 9.17) is 0 Å². The van der Waals surface area contributed by atoms with E-state index in [0.717, 1.165) is 23.3 Å². The molecule has 3 rings (SSSR count). The van der Waals surface area contributed by atoms with Crippen molar-refractivity contribution < 1.29 is 0 Å². The summed E-state index contributed by atoms with van der Waals surface area (Å²) < 4.78 is 0. The van der Waals surface area contributed by atoms with Gasteiger partial charge in [0.1, 0.15) is 5.65 Å². The zero-order valence-electron chi connectivity index (χ0n) is 10.3. The van der Waals surface area contributed by atoms with Crippen molar-refractivity contribution in [3.05, 3.63) is 54.2 Å². The first-order chi connectivity index (χ1) is 8.86. The Hall–Kier alpha value is -2.13. The van der Waals surface area contributed by atoms with E-state index < -0.39 is 0 Å². The predicted molar refractivity (Wildman–Crippen MR) is 74.3 cm³/mol. The first-order valence-corrected chi connectivity index (χ1v) is 6.04. The number of H-pyrrole nitrogens is 1. The number of nitrogens with zero attached hydrogens (tertiary/aromatic N) is 1. The second kappa shape index (κ2) is 4.63. The van der Waals surface area contributed by atoms with Gasteiger partial charge >= 0.3 is 0 Å². The van der Waals surface area contributed by atoms with Crippen molar-refractivity contribution in [2.45, 2.75) is 6.54 Å². The number of pyridine rings is 1. The van der Waals surface area contributed by atoms with Crippen LogP contribution in [0.15, 0.2) is 48.7 Å². The van der Waals surface area contributed by atoms with Crippen LogP contribution in [0.3, 0.4) is 0 Å². The molecule has 0 radical (unpaired) electrons. The van der Waals surface area contributed by atoms with E-state index in [1.165, 1.54) is 11.1 Å². The lowest BCUT2D eigenvalue weighted by atomic mass is 10.1. The molecule has 0 spiro atoms. The molecule has 3 heteroatoms. The van der Waals surface area contributed by atoms with E-state index in [2.05, 4.69) is 51.7 Å². The minimum absolute atomic E-state index is 0.881. The fourth-order valence-corrected chi connectivity index (χ4v) is 2.17. The zero-order valence-corrected chi connectivity index (χ0v) is 10.3. The Labute approximate surface area is 106 Å². The van der Waals surface area contributed by atoms with Crippen LogP contribution < -0.4 is 5.32 Å². The number of aromatic amines is 1. The van der Waals surface area contributed by atoms with E-state index in [0.29, 0.717) is 0 Å². The molecule has 0 fully saturated rings. The van der Waals surface area contributed by atoms with Gasteiger partial charge in [-0.15, -0.1) is 0 Å². The van der Waals surface area contributed by atoms with Crippen LogP contribution in [0, 0.1) is 0 Å². The smallest absolute Gasteiger partial charge is 0.137 e. The minimum atomic E-state index is 0.881. The lowest BCUT2D eigenvalue weighted by Gasteiger charge is -2.03. The monoisotopic (exact) mass is 237 g/mol. The summed E-state index contributed by atoms with van der Waals surface area (Å²) >= 11 is 0. The van der Waals surface area contributed by atoms with Gasteiger partial charge in [0.2, 0.25) is 0 Å². The third-order valence-corrected chi connectivity index (χ3v) is 3.01. The van der Waals surface area contributed by atoms with Crippen LogP contribution in [-0.2, 0) is 6.54 Å². The topological polar surface area (TPSA) is 40.7 Å². The summed E-state index contributed by atoms with van der Waals surface area (Å²) in [6.07, 6.45) is 1.81. The standard InChI is InChI=1S/C15H15N3/c1-16-10-11-4-2-5-12(8-11)14-9-13-6-3-7-17-15(13)18-14/h2-9,16H,10H2,1H3,(H,17,18). The fraction of sp³-hybridized carbons (Fsp3) is 0.133. The molecule has 0 bridgehead atoms. The van der Waals surface area contributed by atoms with E-state index in [1.54, 1.807) is 6.20 Å². The summed E-state index contributed by atoms with van der Waals surface area (Å²) in [5, 5.41) is 4.31. The highest BCUT2D eigenvalue weighted by Gasteiger charge is 2.04. The molecule has 0 aliphatic carbocycles. The number of aromatic nitrogens is 2. The molecular weight excluding hydrogens is 222 g/mol. The second-order valence-corrected chi connectivity index (χ2v) is 4.35. The molecule has 3 nitrogen and oxygen atoms in total. The van der Waals surface area contributed by atoms with Gasteiger partial charge < -0.3 is 10.3 Å². The van der Waals surface area contributed by atoms with Gasteiger partial charge in [0.05, 0.1) is 0 Å². The van der Waals surface area contributed by atoms with Crippen LogP contribution >= 0.6 is 0 Å². The van der Waals surface area contributed by atoms with Crippen molar-refractivity contribution in [2.24, 2.45) is 0 Å². The lowest BCUT2D eigenvalue weighted by molar-refractivity contribution is 0.818. The summed E-state index contributed by atoms with van der Waals surface area (Å²) in [5.74, 6) is 0. The lowest BCUT2D eigenvalue weighted by Crippen LogP contribution is -2.04. The van der Waals surface area contributed by atoms with Gasteiger partial charge in [0, 0.05) is 23.8 Å². The average Bonchev–Trinajstić information content (AvgIpc) is 2.83. The molecule has 0 amide bonds. The SMILES string of the molecule is CNCc1cccc(-c2cc3cccnc3[nH]2)c1. The van der Waals surface area contributed by atoms with Crippen LogP contribution in [0.5, 0.6) is 0 Å². The third-order valence-electron chi connectivity index (χ3n) is 3.01. The van der Waals surface area contributed by atoms with Crippen LogP contribution in [0.1, 0.15) is 5.56 Å². The van der Waals surface area contributed by atoms with E-state index in [-0.39, 0.29) is 0 Å². The normalized spacial score (nSPS) is 10.9. The maximum absolute atomic E-state index is 4.32. The fourth-order valence-electron chi connectivity index (χ4n) is 2.17. The molecule has 3 aromatic rings. The van der Waals surface area contributed by atoms with Crippen molar-refractivity contribution in [1.29, 1.82) is 0 Å². The highest BCUT2D eigenvalue weighted by molar-refractivity contribution is 5.82. The van der Waals surface area contributed by atoms with E-state index in [1.807, 2.05) is 13.1 Å². The van der Waals surface area contributed by atoms with Gasteiger partial charge in [0.15, 0.2) is 0 Å². The van der Waals surface area contributed by atoms with Crippen molar-refractivity contribution in [3.8, 4) is 11.3 Å². The zero-order chi connectivity index (χ0) is 12.4. The second-order valence-electron chi connectivity index (χ2n) is 4.35. The molecule has 90 valence electrons. The number of fused-ring (bicyclic) bond motifs is 1. The molecular formula is C15H15N3. The number of hydrogen-bond donors (Lipinski definition) is 2. The van der Waals surface area contributed by atoms with Crippen molar-refractivity contribution in [3.63, 3.8) is 0 Å². The first kappa shape index (κ1) is 11.0. The molecule has 2 N–H and O–H groups in total. The maximum Gasteiger partial charge on any atom is 0.137 e. The largest absolute Gasteiger partial charge is 0.339 e. The van der Waals surface area contributed by atoms with E-state index in [9.17, 15) is 0 Å². The quantitative estimate of drug-likeness (QED) is 0.735. The van der Waals surface area contributed by atoms with Gasteiger partial charge in [-0.25, -0.2) is 4.98 Å². The minimum Gasteiger partial charge on any atom is -0.339 e. The Morgan fingerprint density at radius 1 is 1.17 bits per heavy atom. The molecule has 0 aliphatic heterocycles. The van der Waals surface area contributed by atoms with Crippen LogP contribution in [0.2, 0.25) is 0 Å². The molecule has 1 aromatic carbocycles. The number of rotatable bonds is 3. The molecule has 0 atom stereocenters. The van der Waals surface area contributed by atoms with Crippen LogP contribution in [0.4, 0.5) is 0 Å². The molecule has 0 aliphatic rings. The Morgan fingerprint density at radius 2 is 2.11 bits per heavy atom. The summed E-state index contributed by atoms with van der Waals surface area (Å²) in [4.78, 5) is 7.67. The predicted octanol–water partition coefficient (Wildman–Crippen LogP) is 2.95. The number of benzene rings is 1. The Kier molecular flexibility index (Phi) is 2.82. The Balaban J connectivity index is 2.05. The third kappa shape index (κ3) is 2.00. The molecule has 0 saturated carbocycles. The summed E-state index contributed by atoms with van der Waals surface area (Å²) in [7, 11) is 1.96. The Bertz CT molecular complexity index is 637.